The van der Waals surface area contributed by atoms with Crippen molar-refractivity contribution in [2.45, 2.75) is 25.7 Å². The molecule has 0 spiro atoms. The van der Waals surface area contributed by atoms with E-state index in [0.717, 1.165) is 25.2 Å². The molecule has 0 aliphatic heterocycles. The first kappa shape index (κ1) is 10.3. The maximum atomic E-state index is 10.2. The monoisotopic (exact) mass is 206 g/mol. The number of rotatable bonds is 4. The van der Waals surface area contributed by atoms with Gasteiger partial charge in [-0.2, -0.15) is 0 Å². The molecule has 2 fully saturated rings. The van der Waals surface area contributed by atoms with Crippen molar-refractivity contribution >= 4 is 12.2 Å². The summed E-state index contributed by atoms with van der Waals surface area (Å²) in [7, 11) is 0. The normalized spacial score (nSPS) is 37.1. The van der Waals surface area contributed by atoms with Crippen molar-refractivity contribution in [2.24, 2.45) is 27.2 Å². The molecule has 15 heavy (non-hydrogen) atoms. The van der Waals surface area contributed by atoms with Gasteiger partial charge in [0.2, 0.25) is 12.2 Å². The molecule has 4 heteroatoms. The average Bonchev–Trinajstić information content (AvgIpc) is 2.81. The van der Waals surface area contributed by atoms with Gasteiger partial charge in [0.1, 0.15) is 0 Å². The van der Waals surface area contributed by atoms with Crippen molar-refractivity contribution in [3.63, 3.8) is 0 Å². The van der Waals surface area contributed by atoms with Crippen LogP contribution in [0.4, 0.5) is 0 Å². The number of aliphatic imine (C=N–C) groups is 2. The molecule has 0 heterocycles. The molecule has 0 saturated heterocycles. The highest BCUT2D eigenvalue weighted by Crippen LogP contribution is 2.57. The van der Waals surface area contributed by atoms with Gasteiger partial charge in [0, 0.05) is 0 Å². The fraction of sp³-hybridized carbons (Fsp3) is 0.818. The third-order valence-corrected chi connectivity index (χ3v) is 4.06. The van der Waals surface area contributed by atoms with Crippen LogP contribution in [-0.4, -0.2) is 25.2 Å². The number of nitrogens with zero attached hydrogens (tertiary/aromatic N) is 2. The highest BCUT2D eigenvalue weighted by Gasteiger charge is 2.51. The van der Waals surface area contributed by atoms with E-state index in [4.69, 9.17) is 0 Å². The van der Waals surface area contributed by atoms with Crippen LogP contribution in [0.2, 0.25) is 0 Å². The minimum absolute atomic E-state index is 0.127. The Kier molecular flexibility index (Phi) is 2.81. The van der Waals surface area contributed by atoms with Gasteiger partial charge in [-0.25, -0.2) is 19.6 Å². The molecule has 0 aromatic heterocycles. The van der Waals surface area contributed by atoms with Crippen LogP contribution in [0.25, 0.3) is 0 Å². The molecule has 80 valence electrons. The van der Waals surface area contributed by atoms with Crippen molar-refractivity contribution in [3.8, 4) is 0 Å². The molecule has 3 atom stereocenters. The summed E-state index contributed by atoms with van der Waals surface area (Å²) in [4.78, 5) is 27.7. The van der Waals surface area contributed by atoms with Gasteiger partial charge in [0.15, 0.2) is 0 Å². The summed E-state index contributed by atoms with van der Waals surface area (Å²) in [6.45, 7) is 1.11. The van der Waals surface area contributed by atoms with Gasteiger partial charge in [-0.1, -0.05) is 0 Å². The first-order valence-corrected chi connectivity index (χ1v) is 5.38. The topological polar surface area (TPSA) is 58.9 Å². The summed E-state index contributed by atoms with van der Waals surface area (Å²) in [5, 5.41) is 0. The predicted octanol–water partition coefficient (Wildman–Crippen LogP) is 1.46. The molecule has 0 aromatic carbocycles. The summed E-state index contributed by atoms with van der Waals surface area (Å²) < 4.78 is 0. The zero-order chi connectivity index (χ0) is 10.7. The highest BCUT2D eigenvalue weighted by molar-refractivity contribution is 5.34. The van der Waals surface area contributed by atoms with Crippen LogP contribution >= 0.6 is 0 Å². The first-order valence-electron chi connectivity index (χ1n) is 5.38. The van der Waals surface area contributed by atoms with E-state index < -0.39 is 0 Å². The van der Waals surface area contributed by atoms with Gasteiger partial charge in [-0.05, 0) is 42.9 Å². The van der Waals surface area contributed by atoms with E-state index in [1.54, 1.807) is 12.2 Å². The summed E-state index contributed by atoms with van der Waals surface area (Å²) in [6.07, 6.45) is 7.82. The molecule has 2 aliphatic rings. The summed E-state index contributed by atoms with van der Waals surface area (Å²) >= 11 is 0. The quantitative estimate of drug-likeness (QED) is 0.516. The minimum atomic E-state index is 0.127. The molecular weight excluding hydrogens is 192 g/mol. The molecule has 2 saturated carbocycles. The van der Waals surface area contributed by atoms with E-state index in [1.807, 2.05) is 0 Å². The van der Waals surface area contributed by atoms with Crippen LogP contribution in [0.15, 0.2) is 9.98 Å². The van der Waals surface area contributed by atoms with Crippen molar-refractivity contribution in [1.82, 2.24) is 0 Å². The number of hydrogen-bond acceptors (Lipinski definition) is 4. The van der Waals surface area contributed by atoms with E-state index >= 15 is 0 Å². The Morgan fingerprint density at radius 1 is 1.27 bits per heavy atom. The van der Waals surface area contributed by atoms with E-state index in [1.165, 1.54) is 6.42 Å². The van der Waals surface area contributed by atoms with Crippen molar-refractivity contribution in [1.29, 1.82) is 0 Å². The number of hydrogen-bond donors (Lipinski definition) is 0. The fourth-order valence-electron chi connectivity index (χ4n) is 3.37. The molecule has 0 aromatic rings. The molecular formula is C11H14N2O2. The van der Waals surface area contributed by atoms with E-state index in [9.17, 15) is 9.59 Å². The lowest BCUT2D eigenvalue weighted by Gasteiger charge is -2.31. The van der Waals surface area contributed by atoms with Crippen LogP contribution in [0, 0.1) is 17.3 Å². The zero-order valence-corrected chi connectivity index (χ0v) is 8.61. The lowest BCUT2D eigenvalue weighted by molar-refractivity contribution is 0.201. The lowest BCUT2D eigenvalue weighted by atomic mass is 9.75. The van der Waals surface area contributed by atoms with Crippen molar-refractivity contribution < 1.29 is 9.59 Å². The lowest BCUT2D eigenvalue weighted by Crippen LogP contribution is -2.30. The molecule has 2 rings (SSSR count). The maximum absolute atomic E-state index is 10.2. The van der Waals surface area contributed by atoms with Gasteiger partial charge in [0.05, 0.1) is 13.1 Å². The Labute approximate surface area is 88.5 Å². The van der Waals surface area contributed by atoms with Crippen LogP contribution in [0.5, 0.6) is 0 Å². The van der Waals surface area contributed by atoms with Crippen LogP contribution in [0.3, 0.4) is 0 Å². The molecule has 0 N–H and O–H groups in total. The van der Waals surface area contributed by atoms with Crippen LogP contribution < -0.4 is 0 Å². The standard InChI is InChI=1S/C11H14N2O2/c14-7-12-5-10-3-9-1-2-11(10,4-9)6-13-8-15/h9-10H,1-6H2. The van der Waals surface area contributed by atoms with Crippen molar-refractivity contribution in [3.05, 3.63) is 0 Å². The Morgan fingerprint density at radius 3 is 2.73 bits per heavy atom. The summed E-state index contributed by atoms with van der Waals surface area (Å²) in [6, 6.07) is 0. The number of fused-ring (bicyclic) bond motifs is 2. The second-order valence-corrected chi connectivity index (χ2v) is 4.74. The maximum Gasteiger partial charge on any atom is 0.234 e. The van der Waals surface area contributed by atoms with Gasteiger partial charge in [-0.15, -0.1) is 0 Å². The van der Waals surface area contributed by atoms with Gasteiger partial charge >= 0.3 is 0 Å². The van der Waals surface area contributed by atoms with E-state index in [-0.39, 0.29) is 5.41 Å². The van der Waals surface area contributed by atoms with Gasteiger partial charge in [-0.3, -0.25) is 0 Å². The van der Waals surface area contributed by atoms with E-state index in [2.05, 4.69) is 9.98 Å². The molecule has 4 nitrogen and oxygen atoms in total. The average molecular weight is 206 g/mol. The Balaban J connectivity index is 2.10. The Hall–Kier alpha value is -1.24. The smallest absolute Gasteiger partial charge is 0.211 e. The SMILES string of the molecule is O=C=NCC1CC2CCC1(CN=C=O)C2. The summed E-state index contributed by atoms with van der Waals surface area (Å²) in [5.74, 6) is 1.16. The van der Waals surface area contributed by atoms with Crippen LogP contribution in [-0.2, 0) is 9.59 Å². The highest BCUT2D eigenvalue weighted by atomic mass is 16.1. The second-order valence-electron chi connectivity index (χ2n) is 4.74. The van der Waals surface area contributed by atoms with Crippen molar-refractivity contribution in [2.75, 3.05) is 13.1 Å². The molecule has 2 bridgehead atoms. The second kappa shape index (κ2) is 4.09. The third kappa shape index (κ3) is 1.79. The Bertz CT molecular complexity index is 342. The zero-order valence-electron chi connectivity index (χ0n) is 8.61. The molecule has 0 radical (unpaired) electrons. The fourth-order valence-corrected chi connectivity index (χ4v) is 3.37. The third-order valence-electron chi connectivity index (χ3n) is 4.06. The minimum Gasteiger partial charge on any atom is -0.211 e. The van der Waals surface area contributed by atoms with Gasteiger partial charge < -0.3 is 0 Å². The van der Waals surface area contributed by atoms with Gasteiger partial charge in [0.25, 0.3) is 0 Å². The molecule has 2 aliphatic carbocycles. The van der Waals surface area contributed by atoms with Crippen LogP contribution in [0.1, 0.15) is 25.7 Å². The first-order chi connectivity index (χ1) is 7.30. The summed E-state index contributed by atoms with van der Waals surface area (Å²) in [5.41, 5.74) is 0.127. The molecule has 0 amide bonds. The molecule has 3 unspecified atom stereocenters. The number of carbonyl (C=O) groups excluding carboxylic acids is 2. The number of isocyanates is 2. The predicted molar refractivity (Wildman–Crippen MR) is 53.9 cm³/mol. The Morgan fingerprint density at radius 2 is 2.07 bits per heavy atom. The van der Waals surface area contributed by atoms with E-state index in [0.29, 0.717) is 19.0 Å². The largest absolute Gasteiger partial charge is 0.234 e.